The number of aromatic nitrogens is 2. The molecular formula is C12H14N2O3V. The van der Waals surface area contributed by atoms with Gasteiger partial charge in [-0.05, 0) is 49.2 Å². The van der Waals surface area contributed by atoms with Gasteiger partial charge in [0.1, 0.15) is 0 Å². The molecule has 0 bridgehead atoms. The van der Waals surface area contributed by atoms with E-state index in [-0.39, 0.29) is 0 Å². The van der Waals surface area contributed by atoms with Crippen molar-refractivity contribution in [3.8, 4) is 11.4 Å². The summed E-state index contributed by atoms with van der Waals surface area (Å²) in [6, 6.07) is 8.06. The van der Waals surface area contributed by atoms with Crippen molar-refractivity contribution >= 4 is 0 Å². The van der Waals surface area contributed by atoms with Crippen LogP contribution < -0.4 is 0 Å². The Kier molecular flexibility index (Phi) is 5.81. The summed E-state index contributed by atoms with van der Waals surface area (Å²) in [6.07, 6.45) is 3.63. The van der Waals surface area contributed by atoms with E-state index in [1.165, 1.54) is 11.1 Å². The number of aryl methyl sites for hydroxylation is 2. The molecule has 0 spiro atoms. The first-order valence-corrected chi connectivity index (χ1v) is 7.01. The van der Waals surface area contributed by atoms with Crippen LogP contribution in [0.1, 0.15) is 11.1 Å². The van der Waals surface area contributed by atoms with E-state index in [4.69, 9.17) is 11.7 Å². The van der Waals surface area contributed by atoms with Crippen LogP contribution in [0.4, 0.5) is 0 Å². The Labute approximate surface area is 111 Å². The third-order valence-corrected chi connectivity index (χ3v) is 2.09. The van der Waals surface area contributed by atoms with Gasteiger partial charge in [0.15, 0.2) is 0 Å². The van der Waals surface area contributed by atoms with Gasteiger partial charge in [-0.15, -0.1) is 0 Å². The van der Waals surface area contributed by atoms with Gasteiger partial charge in [0.25, 0.3) is 0 Å². The third kappa shape index (κ3) is 5.29. The second-order valence-corrected chi connectivity index (χ2v) is 4.48. The van der Waals surface area contributed by atoms with Gasteiger partial charge in [0.2, 0.25) is 0 Å². The van der Waals surface area contributed by atoms with E-state index in [0.717, 1.165) is 11.4 Å². The van der Waals surface area contributed by atoms with E-state index >= 15 is 0 Å². The molecule has 2 rings (SSSR count). The Morgan fingerprint density at radius 3 is 1.56 bits per heavy atom. The molecule has 0 fully saturated rings. The summed E-state index contributed by atoms with van der Waals surface area (Å²) in [7, 11) is 0. The molecule has 18 heavy (non-hydrogen) atoms. The van der Waals surface area contributed by atoms with Crippen molar-refractivity contribution in [2.45, 2.75) is 13.8 Å². The van der Waals surface area contributed by atoms with Crippen molar-refractivity contribution in [1.29, 1.82) is 0 Å². The van der Waals surface area contributed by atoms with Crippen molar-refractivity contribution in [2.75, 3.05) is 0 Å². The van der Waals surface area contributed by atoms with Crippen LogP contribution in [0.5, 0.6) is 0 Å². The van der Waals surface area contributed by atoms with Crippen molar-refractivity contribution < 1.29 is 27.5 Å². The monoisotopic (exact) mass is 285 g/mol. The third-order valence-electron chi connectivity index (χ3n) is 2.09. The summed E-state index contributed by atoms with van der Waals surface area (Å²) in [5.41, 5.74) is 4.29. The van der Waals surface area contributed by atoms with Gasteiger partial charge in [-0.2, -0.15) is 0 Å². The van der Waals surface area contributed by atoms with Crippen molar-refractivity contribution in [3.05, 3.63) is 47.8 Å². The number of pyridine rings is 2. The van der Waals surface area contributed by atoms with Crippen LogP contribution in [0.25, 0.3) is 11.4 Å². The van der Waals surface area contributed by atoms with E-state index < -0.39 is 15.8 Å². The molecule has 0 saturated heterocycles. The molecule has 2 aromatic heterocycles. The minimum atomic E-state index is -3.44. The SMILES string of the molecule is Cc1ccnc(-c2cc(C)ccn2)c1.[O]=[V]([OH])[OH]. The molecule has 0 radical (unpaired) electrons. The van der Waals surface area contributed by atoms with Gasteiger partial charge in [-0.3, -0.25) is 9.97 Å². The van der Waals surface area contributed by atoms with Crippen LogP contribution in [0.2, 0.25) is 0 Å². The first-order valence-electron chi connectivity index (χ1n) is 5.19. The second kappa shape index (κ2) is 7.13. The van der Waals surface area contributed by atoms with Crippen molar-refractivity contribution in [1.82, 2.24) is 9.97 Å². The van der Waals surface area contributed by atoms with Crippen LogP contribution >= 0.6 is 0 Å². The normalized spacial score (nSPS) is 9.33. The Hall–Kier alpha value is -1.40. The van der Waals surface area contributed by atoms with Crippen LogP contribution in [0, 0.1) is 13.8 Å². The number of nitrogens with zero attached hydrogens (tertiary/aromatic N) is 2. The van der Waals surface area contributed by atoms with Gasteiger partial charge in [0.05, 0.1) is 11.4 Å². The number of hydrogen-bond acceptors (Lipinski definition) is 3. The molecule has 5 nitrogen and oxygen atoms in total. The molecular weight excluding hydrogens is 271 g/mol. The van der Waals surface area contributed by atoms with Crippen molar-refractivity contribution in [3.63, 3.8) is 0 Å². The summed E-state index contributed by atoms with van der Waals surface area (Å²) in [5, 5.41) is 0. The quantitative estimate of drug-likeness (QED) is 0.830. The van der Waals surface area contributed by atoms with Crippen LogP contribution in [-0.2, 0) is 19.5 Å². The second-order valence-electron chi connectivity index (χ2n) is 3.69. The molecule has 0 aliphatic rings. The predicted octanol–water partition coefficient (Wildman–Crippen LogP) is 1.53. The maximum absolute atomic E-state index is 8.78. The van der Waals surface area contributed by atoms with Crippen molar-refractivity contribution in [2.24, 2.45) is 0 Å². The molecule has 0 aromatic carbocycles. The zero-order valence-corrected chi connectivity index (χ0v) is 11.5. The molecule has 2 N–H and O–H groups in total. The Morgan fingerprint density at radius 2 is 1.28 bits per heavy atom. The van der Waals surface area contributed by atoms with Crippen LogP contribution in [0.3, 0.4) is 0 Å². The standard InChI is InChI=1S/C12H12N2.2H2O.O.V/c1-9-3-5-13-11(7-9)12-8-10(2)4-6-14-12;;;;/h3-8H,1-2H3;2*1H2;;/q;;;;+2/p-2. The average Bonchev–Trinajstić information content (AvgIpc) is 2.28. The van der Waals surface area contributed by atoms with E-state index in [1.54, 1.807) is 0 Å². The van der Waals surface area contributed by atoms with E-state index in [2.05, 4.69) is 23.8 Å². The van der Waals surface area contributed by atoms with Gasteiger partial charge < -0.3 is 0 Å². The molecule has 0 unspecified atom stereocenters. The Morgan fingerprint density at radius 1 is 0.944 bits per heavy atom. The topological polar surface area (TPSA) is 83.3 Å². The molecule has 2 aromatic rings. The van der Waals surface area contributed by atoms with Gasteiger partial charge >= 0.3 is 27.5 Å². The molecule has 95 valence electrons. The molecule has 0 atom stereocenters. The molecule has 0 amide bonds. The molecule has 6 heteroatoms. The average molecular weight is 285 g/mol. The number of rotatable bonds is 1. The van der Waals surface area contributed by atoms with E-state index in [0.29, 0.717) is 0 Å². The summed E-state index contributed by atoms with van der Waals surface area (Å²) in [5.74, 6) is 0. The maximum atomic E-state index is 8.78. The van der Waals surface area contributed by atoms with Crippen LogP contribution in [-0.4, -0.2) is 18.0 Å². The predicted molar refractivity (Wildman–Crippen MR) is 62.1 cm³/mol. The van der Waals surface area contributed by atoms with E-state index in [9.17, 15) is 0 Å². The fourth-order valence-corrected chi connectivity index (χ4v) is 1.35. The van der Waals surface area contributed by atoms with Gasteiger partial charge in [-0.1, -0.05) is 0 Å². The fraction of sp³-hybridized carbons (Fsp3) is 0.167. The first-order chi connectivity index (χ1) is 8.49. The van der Waals surface area contributed by atoms with Crippen LogP contribution in [0.15, 0.2) is 36.7 Å². The molecule has 2 heterocycles. The Balaban J connectivity index is 0.000000357. The van der Waals surface area contributed by atoms with Gasteiger partial charge in [-0.25, -0.2) is 0 Å². The number of hydrogen-bond donors (Lipinski definition) is 2. The Bertz CT molecular complexity index is 499. The summed E-state index contributed by atoms with van der Waals surface area (Å²) < 4.78 is 23.2. The molecule has 0 aliphatic heterocycles. The fourth-order valence-electron chi connectivity index (χ4n) is 1.35. The molecule has 0 saturated carbocycles. The summed E-state index contributed by atoms with van der Waals surface area (Å²) >= 11 is -3.44. The minimum absolute atomic E-state index is 0.939. The van der Waals surface area contributed by atoms with Gasteiger partial charge in [0, 0.05) is 12.4 Å². The zero-order chi connectivity index (χ0) is 13.5. The summed E-state index contributed by atoms with van der Waals surface area (Å²) in [6.45, 7) is 4.11. The molecule has 0 aliphatic carbocycles. The zero-order valence-electron chi connectivity index (χ0n) is 10.1. The first kappa shape index (κ1) is 14.7. The summed E-state index contributed by atoms with van der Waals surface area (Å²) in [4.78, 5) is 8.58. The van der Waals surface area contributed by atoms with E-state index in [1.807, 2.05) is 36.7 Å².